The molecule has 17 N–H and O–H groups in total. The number of halogens is 1. The lowest BCUT2D eigenvalue weighted by atomic mass is 9.89. The van der Waals surface area contributed by atoms with Gasteiger partial charge in [0, 0.05) is 81.6 Å². The van der Waals surface area contributed by atoms with Crippen LogP contribution in [-0.4, -0.2) is 153 Å². The van der Waals surface area contributed by atoms with Gasteiger partial charge in [-0.2, -0.15) is 0 Å². The normalized spacial score (nSPS) is 14.4. The number of nitrogens with one attached hydrogen (secondary N) is 8. The molecule has 0 spiro atoms. The minimum Gasteiger partial charge on any atom is -0.508 e. The number of Topliss-reactive ketones (excluding diaryl/α,β-unsaturated/α-hetero) is 4. The highest BCUT2D eigenvalue weighted by Crippen LogP contribution is 2.23. The van der Waals surface area contributed by atoms with Crippen LogP contribution in [0, 0.1) is 29.5 Å². The summed E-state index contributed by atoms with van der Waals surface area (Å²) in [5, 5.41) is 48.9. The van der Waals surface area contributed by atoms with Gasteiger partial charge in [0.05, 0.1) is 49.2 Å². The van der Waals surface area contributed by atoms with E-state index in [1.165, 1.54) is 43.4 Å². The summed E-state index contributed by atoms with van der Waals surface area (Å²) in [6, 6.07) is 9.96. The summed E-state index contributed by atoms with van der Waals surface area (Å²) in [4.78, 5) is 168. The summed E-state index contributed by atoms with van der Waals surface area (Å²) in [7, 11) is 1.48. The molecule has 0 radical (unpaired) electrons. The van der Waals surface area contributed by atoms with Gasteiger partial charge in [-0.05, 0) is 98.4 Å². The number of phenols is 1. The van der Waals surface area contributed by atoms with Crippen LogP contribution in [0.15, 0.2) is 84.0 Å². The first-order chi connectivity index (χ1) is 42.5. The monoisotopic (exact) mass is 1250 g/mol. The maximum absolute atomic E-state index is 14.5. The zero-order valence-electron chi connectivity index (χ0n) is 51.0. The van der Waals surface area contributed by atoms with Crippen molar-refractivity contribution in [3.63, 3.8) is 0 Å². The number of aromatic nitrogens is 1. The number of aromatic amines is 1. The molecule has 0 aliphatic rings. The number of aliphatic hydroxyl groups is 1. The Morgan fingerprint density at radius 1 is 0.633 bits per heavy atom. The number of aliphatic hydroxyl groups excluding tert-OH is 1. The van der Waals surface area contributed by atoms with E-state index in [1.54, 1.807) is 20.0 Å². The number of rotatable bonds is 39. The van der Waals surface area contributed by atoms with Gasteiger partial charge in [-0.1, -0.05) is 56.3 Å². The fourth-order valence-corrected chi connectivity index (χ4v) is 10.00. The number of carbonyl (C=O) groups excluding carboxylic acids is 11. The summed E-state index contributed by atoms with van der Waals surface area (Å²) in [5.74, 6) is -15.0. The van der Waals surface area contributed by atoms with Crippen molar-refractivity contribution in [1.29, 1.82) is 0 Å². The molecule has 4 rings (SSSR count). The molecule has 3 aromatic carbocycles. The van der Waals surface area contributed by atoms with Crippen LogP contribution in [-0.2, 0) is 72.0 Å². The van der Waals surface area contributed by atoms with E-state index in [9.17, 15) is 77.2 Å². The lowest BCUT2D eigenvalue weighted by molar-refractivity contribution is -0.139. The van der Waals surface area contributed by atoms with Crippen molar-refractivity contribution in [2.24, 2.45) is 45.9 Å². The summed E-state index contributed by atoms with van der Waals surface area (Å²) < 4.78 is 14.5. The number of hydrogen-bond acceptors (Lipinski definition) is 15. The van der Waals surface area contributed by atoms with Crippen LogP contribution >= 0.6 is 0 Å². The quantitative estimate of drug-likeness (QED) is 0.0168. The predicted octanol–water partition coefficient (Wildman–Crippen LogP) is 0.929. The van der Waals surface area contributed by atoms with Crippen molar-refractivity contribution >= 4 is 87.4 Å². The molecule has 28 heteroatoms. The predicted molar refractivity (Wildman–Crippen MR) is 328 cm³/mol. The van der Waals surface area contributed by atoms with Gasteiger partial charge in [0.25, 0.3) is 0 Å². The van der Waals surface area contributed by atoms with Gasteiger partial charge < -0.3 is 74.7 Å². The average molecular weight is 1260 g/mol. The zero-order chi connectivity index (χ0) is 66.8. The van der Waals surface area contributed by atoms with Crippen molar-refractivity contribution in [2.45, 2.75) is 141 Å². The summed E-state index contributed by atoms with van der Waals surface area (Å²) in [6.45, 7) is 5.29. The molecule has 27 nitrogen and oxygen atoms in total. The number of amides is 8. The first kappa shape index (κ1) is 72.9. The number of fused-ring (bicyclic) bond motifs is 1. The Morgan fingerprint density at radius 2 is 1.23 bits per heavy atom. The first-order valence-electron chi connectivity index (χ1n) is 29.4. The molecule has 1 aromatic heterocycles. The molecule has 0 fully saturated rings. The largest absolute Gasteiger partial charge is 0.508 e. The average Bonchev–Trinajstić information content (AvgIpc) is 1.98. The van der Waals surface area contributed by atoms with E-state index >= 15 is 0 Å². The number of urea groups is 1. The molecule has 90 heavy (non-hydrogen) atoms. The van der Waals surface area contributed by atoms with Gasteiger partial charge in [-0.3, -0.25) is 57.7 Å². The molecule has 0 aliphatic carbocycles. The second-order valence-corrected chi connectivity index (χ2v) is 22.6. The number of nitrogens with zero attached hydrogens (tertiary/aromatic N) is 1. The van der Waals surface area contributed by atoms with Crippen LogP contribution in [0.2, 0.25) is 0 Å². The number of primary amides is 2. The molecule has 488 valence electrons. The van der Waals surface area contributed by atoms with E-state index in [1.807, 2.05) is 24.3 Å². The third-order valence-corrected chi connectivity index (χ3v) is 14.8. The van der Waals surface area contributed by atoms with Crippen LogP contribution in [0.5, 0.6) is 5.75 Å². The summed E-state index contributed by atoms with van der Waals surface area (Å²) in [5.41, 5.74) is 19.3. The van der Waals surface area contributed by atoms with Gasteiger partial charge in [0.2, 0.25) is 35.4 Å². The number of nitrogens with two attached hydrogens (primary N) is 3. The molecule has 0 saturated carbocycles. The second kappa shape index (κ2) is 36.0. The van der Waals surface area contributed by atoms with Crippen LogP contribution < -0.4 is 54.4 Å². The number of ketones is 4. The van der Waals surface area contributed by atoms with Crippen molar-refractivity contribution < 1.29 is 77.2 Å². The second-order valence-electron chi connectivity index (χ2n) is 22.6. The Balaban J connectivity index is 1.52. The van der Waals surface area contributed by atoms with Crippen LogP contribution in [0.25, 0.3) is 10.9 Å². The highest BCUT2D eigenvalue weighted by Gasteiger charge is 2.37. The molecule has 9 atom stereocenters. The maximum atomic E-state index is 14.5. The number of carbonyl (C=O) groups is 12. The van der Waals surface area contributed by atoms with Crippen molar-refractivity contribution in [3.05, 3.63) is 102 Å². The fourth-order valence-electron chi connectivity index (χ4n) is 10.00. The minimum atomic E-state index is -1.81. The Morgan fingerprint density at radius 3 is 1.83 bits per heavy atom. The number of carboxylic acid groups (broad SMARTS) is 1. The highest BCUT2D eigenvalue weighted by atomic mass is 19.1. The summed E-state index contributed by atoms with van der Waals surface area (Å²) in [6.07, 6.45) is -3.88. The number of hydrogen-bond donors (Lipinski definition) is 14. The zero-order valence-corrected chi connectivity index (χ0v) is 51.0. The Hall–Kier alpha value is -9.60. The molecule has 0 bridgehead atoms. The van der Waals surface area contributed by atoms with Crippen LogP contribution in [0.1, 0.15) is 102 Å². The number of carboxylic acids is 1. The Kier molecular flexibility index (Phi) is 29.2. The SMILES string of the molecule is CN=C(N)NCCC[C@H](CC(=O)[C@H](CC(C)C)NC(=O)NCC(=O)[C@H](Cc1cccc(F)c1)NC(=O)[C@@H](CC(=O)[C@H](CC(N)=O)NC(=O)[C@H](CCC(=O)O)CC(=O)[C@@H](Cc1ccc(O)cc1)NC(C)=O)[C@@H](C)O)C(=O)N[C@@H](Cc1c[nH]c2ccccc12)C(N)=O. The van der Waals surface area contributed by atoms with E-state index in [-0.39, 0.29) is 55.4 Å². The van der Waals surface area contributed by atoms with E-state index in [0.717, 1.165) is 36.9 Å². The number of H-pyrrole nitrogens is 1. The number of phenolic OH excluding ortho intramolecular Hbond substituents is 1. The number of para-hydroxylation sites is 1. The van der Waals surface area contributed by atoms with Gasteiger partial charge in [0.1, 0.15) is 17.6 Å². The maximum Gasteiger partial charge on any atom is 0.315 e. The van der Waals surface area contributed by atoms with Crippen molar-refractivity contribution in [2.75, 3.05) is 20.1 Å². The van der Waals surface area contributed by atoms with Gasteiger partial charge >= 0.3 is 12.0 Å². The fraction of sp³-hybridized carbons (Fsp3) is 0.468. The molecule has 8 amide bonds. The van der Waals surface area contributed by atoms with E-state index in [4.69, 9.17) is 17.2 Å². The lowest BCUT2D eigenvalue weighted by Crippen LogP contribution is -2.53. The van der Waals surface area contributed by atoms with Crippen LogP contribution in [0.3, 0.4) is 0 Å². The number of aliphatic carboxylic acids is 1. The van der Waals surface area contributed by atoms with Gasteiger partial charge in [-0.25, -0.2) is 9.18 Å². The Bertz CT molecular complexity index is 3220. The number of benzene rings is 3. The van der Waals surface area contributed by atoms with Gasteiger partial charge in [-0.15, -0.1) is 0 Å². The molecule has 1 heterocycles. The smallest absolute Gasteiger partial charge is 0.315 e. The number of aliphatic imine (C=N–C) groups is 1. The standard InChI is InChI=1S/C62H83FN12O15/c1-33(2)22-46(51(79)27-38(11-9-21-68-61(66)67-5)58(87)74-50(57(65)86)26-40-31-69-45-14-7-6-13-43(40)45)75-62(90)70-32-54(82)48(25-37-10-8-12-41(63)23-37)73-60(89)44(34(3)76)29-53(81)49(30-55(64)83)72-59(88)39(17-20-56(84)85)28-52(80)47(71-35(4)77)24-36-15-18-42(78)19-16-36/h6-8,10,12-16,18-19,23,31,33-34,38-39,44,46-50,69,76,78H,9,11,17,20-22,24-30,32H2,1-5H3,(H2,64,83)(H2,65,86)(H,71,77)(H,72,88)(H,73,89)(H,74,87)(H,84,85)(H3,66,67,68)(H2,70,75,90)/t34-,38-,39-,44+,46+,47-,48+,49+,50+/m1/s1. The third kappa shape index (κ3) is 24.9. The first-order valence-corrected chi connectivity index (χ1v) is 29.4. The van der Waals surface area contributed by atoms with E-state index in [2.05, 4.69) is 47.2 Å². The van der Waals surface area contributed by atoms with Crippen molar-refractivity contribution in [3.8, 4) is 5.75 Å². The molecule has 0 unspecified atom stereocenters. The molecule has 4 aromatic rings. The topological polar surface area (TPSA) is 456 Å². The number of guanidine groups is 1. The van der Waals surface area contributed by atoms with E-state index in [0.29, 0.717) is 17.5 Å². The van der Waals surface area contributed by atoms with Crippen molar-refractivity contribution in [1.82, 2.24) is 42.2 Å². The molecular weight excluding hydrogens is 1170 g/mol. The highest BCUT2D eigenvalue weighted by molar-refractivity contribution is 5.99. The number of aromatic hydroxyl groups is 1. The van der Waals surface area contributed by atoms with Crippen LogP contribution in [0.4, 0.5) is 9.18 Å². The summed E-state index contributed by atoms with van der Waals surface area (Å²) >= 11 is 0. The molecule has 0 aliphatic heterocycles. The third-order valence-electron chi connectivity index (χ3n) is 14.8. The van der Waals surface area contributed by atoms with Gasteiger partial charge in [0.15, 0.2) is 29.1 Å². The lowest BCUT2D eigenvalue weighted by Gasteiger charge is -2.26. The Labute approximate surface area is 519 Å². The van der Waals surface area contributed by atoms with E-state index < -0.39 is 182 Å². The molecular formula is C62H83FN12O15. The minimum absolute atomic E-state index is 0.0324. The molecule has 0 saturated heterocycles.